The number of carbonyl (C=O) groups is 1. The van der Waals surface area contributed by atoms with E-state index in [4.69, 9.17) is 16.3 Å². The van der Waals surface area contributed by atoms with Crippen LogP contribution in [0.3, 0.4) is 0 Å². The minimum absolute atomic E-state index is 0.409. The third-order valence-corrected chi connectivity index (χ3v) is 3.35. The van der Waals surface area contributed by atoms with Gasteiger partial charge < -0.3 is 9.47 Å². The molecule has 116 valence electrons. The molecule has 0 fully saturated rings. The molecule has 1 amide bonds. The lowest BCUT2D eigenvalue weighted by molar-refractivity contribution is 0.187. The zero-order valence-electron chi connectivity index (χ0n) is 12.6. The van der Waals surface area contributed by atoms with Gasteiger partial charge in [-0.05, 0) is 42.3 Å². The van der Waals surface area contributed by atoms with Gasteiger partial charge in [-0.25, -0.2) is 4.79 Å². The van der Waals surface area contributed by atoms with Gasteiger partial charge in [0.05, 0.1) is 12.1 Å². The smallest absolute Gasteiger partial charge is 0.411 e. The molecular weight excluding hydrogens is 302 g/mol. The molecule has 0 aliphatic heterocycles. The van der Waals surface area contributed by atoms with E-state index in [0.717, 1.165) is 18.6 Å². The molecule has 0 aromatic heterocycles. The zero-order chi connectivity index (χ0) is 15.9. The van der Waals surface area contributed by atoms with Crippen LogP contribution >= 0.6 is 11.6 Å². The SMILES string of the molecule is CCCc1ccc(Oc2ccc(NC(=O)OC)cc2Cl)cc1. The van der Waals surface area contributed by atoms with Gasteiger partial charge in [0.2, 0.25) is 0 Å². The lowest BCUT2D eigenvalue weighted by atomic mass is 10.1. The number of carbonyl (C=O) groups excluding carboxylic acids is 1. The van der Waals surface area contributed by atoms with E-state index >= 15 is 0 Å². The Morgan fingerprint density at radius 2 is 1.91 bits per heavy atom. The fourth-order valence-corrected chi connectivity index (χ4v) is 2.19. The summed E-state index contributed by atoms with van der Waals surface area (Å²) < 4.78 is 10.3. The Labute approximate surface area is 135 Å². The first kappa shape index (κ1) is 16.2. The summed E-state index contributed by atoms with van der Waals surface area (Å²) in [5.41, 5.74) is 1.82. The average molecular weight is 320 g/mol. The van der Waals surface area contributed by atoms with Crippen LogP contribution in [0.1, 0.15) is 18.9 Å². The number of amides is 1. The molecule has 0 radical (unpaired) electrons. The van der Waals surface area contributed by atoms with Crippen molar-refractivity contribution in [1.29, 1.82) is 0 Å². The van der Waals surface area contributed by atoms with Crippen molar-refractivity contribution >= 4 is 23.4 Å². The predicted molar refractivity (Wildman–Crippen MR) is 88.0 cm³/mol. The standard InChI is InChI=1S/C17H18ClNO3/c1-3-4-12-5-8-14(9-6-12)22-16-10-7-13(11-15(16)18)19-17(20)21-2/h5-11H,3-4H2,1-2H3,(H,19,20). The van der Waals surface area contributed by atoms with E-state index < -0.39 is 6.09 Å². The molecule has 2 rings (SSSR count). The molecule has 2 aromatic rings. The van der Waals surface area contributed by atoms with Crippen molar-refractivity contribution in [2.75, 3.05) is 12.4 Å². The average Bonchev–Trinajstić information content (AvgIpc) is 2.52. The van der Waals surface area contributed by atoms with Gasteiger partial charge in [0, 0.05) is 5.69 Å². The molecule has 0 heterocycles. The van der Waals surface area contributed by atoms with Gasteiger partial charge in [-0.2, -0.15) is 0 Å². The maximum atomic E-state index is 11.1. The van der Waals surface area contributed by atoms with Crippen LogP contribution < -0.4 is 10.1 Å². The van der Waals surface area contributed by atoms with Crippen molar-refractivity contribution in [2.24, 2.45) is 0 Å². The Balaban J connectivity index is 2.07. The maximum Gasteiger partial charge on any atom is 0.411 e. The Kier molecular flexibility index (Phi) is 5.67. The van der Waals surface area contributed by atoms with Gasteiger partial charge >= 0.3 is 6.09 Å². The Morgan fingerprint density at radius 3 is 2.50 bits per heavy atom. The summed E-state index contributed by atoms with van der Waals surface area (Å²) in [5, 5.41) is 2.95. The number of hydrogen-bond acceptors (Lipinski definition) is 3. The molecule has 2 aromatic carbocycles. The number of rotatable bonds is 5. The van der Waals surface area contributed by atoms with E-state index in [2.05, 4.69) is 17.0 Å². The van der Waals surface area contributed by atoms with Crippen molar-refractivity contribution in [3.05, 3.63) is 53.1 Å². The molecule has 0 aliphatic rings. The number of halogens is 1. The van der Waals surface area contributed by atoms with Crippen LogP contribution in [0.25, 0.3) is 0 Å². The number of anilines is 1. The lowest BCUT2D eigenvalue weighted by Gasteiger charge is -2.10. The Hall–Kier alpha value is -2.20. The van der Waals surface area contributed by atoms with E-state index in [-0.39, 0.29) is 0 Å². The predicted octanol–water partition coefficient (Wildman–Crippen LogP) is 5.26. The first-order valence-corrected chi connectivity index (χ1v) is 7.41. The molecule has 0 saturated heterocycles. The largest absolute Gasteiger partial charge is 0.456 e. The van der Waals surface area contributed by atoms with E-state index in [1.807, 2.05) is 24.3 Å². The zero-order valence-corrected chi connectivity index (χ0v) is 13.3. The van der Waals surface area contributed by atoms with Crippen LogP contribution in [0, 0.1) is 0 Å². The summed E-state index contributed by atoms with van der Waals surface area (Å²) in [4.78, 5) is 11.1. The van der Waals surface area contributed by atoms with Crippen LogP contribution in [0.4, 0.5) is 10.5 Å². The third kappa shape index (κ3) is 4.40. The highest BCUT2D eigenvalue weighted by molar-refractivity contribution is 6.32. The molecule has 0 unspecified atom stereocenters. The van der Waals surface area contributed by atoms with Crippen LogP contribution in [0.5, 0.6) is 11.5 Å². The van der Waals surface area contributed by atoms with E-state index in [9.17, 15) is 4.79 Å². The monoisotopic (exact) mass is 319 g/mol. The van der Waals surface area contributed by atoms with Crippen molar-refractivity contribution in [3.63, 3.8) is 0 Å². The number of ether oxygens (including phenoxy) is 2. The topological polar surface area (TPSA) is 47.6 Å². The second-order valence-corrected chi connectivity index (χ2v) is 5.16. The molecule has 22 heavy (non-hydrogen) atoms. The highest BCUT2D eigenvalue weighted by Gasteiger charge is 2.07. The molecule has 0 atom stereocenters. The second-order valence-electron chi connectivity index (χ2n) is 4.76. The van der Waals surface area contributed by atoms with Gasteiger partial charge in [-0.15, -0.1) is 0 Å². The summed E-state index contributed by atoms with van der Waals surface area (Å²) in [6, 6.07) is 12.9. The minimum Gasteiger partial charge on any atom is -0.456 e. The molecular formula is C17H18ClNO3. The molecule has 0 aliphatic carbocycles. The molecule has 4 nitrogen and oxygen atoms in total. The van der Waals surface area contributed by atoms with E-state index in [0.29, 0.717) is 16.5 Å². The van der Waals surface area contributed by atoms with Gasteiger partial charge in [0.1, 0.15) is 11.5 Å². The van der Waals surface area contributed by atoms with E-state index in [1.165, 1.54) is 12.7 Å². The summed E-state index contributed by atoms with van der Waals surface area (Å²) in [5.74, 6) is 1.25. The minimum atomic E-state index is -0.545. The highest BCUT2D eigenvalue weighted by atomic mass is 35.5. The van der Waals surface area contributed by atoms with Gasteiger partial charge in [-0.3, -0.25) is 5.32 Å². The van der Waals surface area contributed by atoms with Crippen molar-refractivity contribution in [3.8, 4) is 11.5 Å². The van der Waals surface area contributed by atoms with Crippen LogP contribution in [0.2, 0.25) is 5.02 Å². The van der Waals surface area contributed by atoms with E-state index in [1.54, 1.807) is 18.2 Å². The number of aryl methyl sites for hydroxylation is 1. The molecule has 5 heteroatoms. The molecule has 0 spiro atoms. The van der Waals surface area contributed by atoms with Crippen molar-refractivity contribution in [1.82, 2.24) is 0 Å². The first-order valence-electron chi connectivity index (χ1n) is 7.03. The first-order chi connectivity index (χ1) is 10.6. The van der Waals surface area contributed by atoms with Gasteiger partial charge in [0.25, 0.3) is 0 Å². The Morgan fingerprint density at radius 1 is 1.18 bits per heavy atom. The molecule has 0 saturated carbocycles. The van der Waals surface area contributed by atoms with Crippen molar-refractivity contribution in [2.45, 2.75) is 19.8 Å². The fraction of sp³-hybridized carbons (Fsp3) is 0.235. The summed E-state index contributed by atoms with van der Waals surface area (Å²) in [7, 11) is 1.30. The molecule has 0 bridgehead atoms. The third-order valence-electron chi connectivity index (χ3n) is 3.05. The fourth-order valence-electron chi connectivity index (χ4n) is 1.97. The molecule has 1 N–H and O–H groups in total. The Bertz CT molecular complexity index is 641. The van der Waals surface area contributed by atoms with Gasteiger partial charge in [0.15, 0.2) is 0 Å². The van der Waals surface area contributed by atoms with Crippen molar-refractivity contribution < 1.29 is 14.3 Å². The number of benzene rings is 2. The number of nitrogens with one attached hydrogen (secondary N) is 1. The summed E-state index contributed by atoms with van der Waals surface area (Å²) in [6.07, 6.45) is 1.62. The number of methoxy groups -OCH3 is 1. The maximum absolute atomic E-state index is 11.1. The second kappa shape index (κ2) is 7.71. The van der Waals surface area contributed by atoms with Gasteiger partial charge in [-0.1, -0.05) is 37.1 Å². The summed E-state index contributed by atoms with van der Waals surface area (Å²) in [6.45, 7) is 2.15. The lowest BCUT2D eigenvalue weighted by Crippen LogP contribution is -2.10. The van der Waals surface area contributed by atoms with Crippen LogP contribution in [-0.2, 0) is 11.2 Å². The highest BCUT2D eigenvalue weighted by Crippen LogP contribution is 2.31. The summed E-state index contributed by atoms with van der Waals surface area (Å²) >= 11 is 6.17. The van der Waals surface area contributed by atoms with Crippen LogP contribution in [0.15, 0.2) is 42.5 Å². The number of hydrogen-bond donors (Lipinski definition) is 1. The normalized spacial score (nSPS) is 10.1. The van der Waals surface area contributed by atoms with Crippen LogP contribution in [-0.4, -0.2) is 13.2 Å². The quantitative estimate of drug-likeness (QED) is 0.817.